The molecule has 1 aromatic rings. The molecule has 1 radical (unpaired) electrons. The Morgan fingerprint density at radius 2 is 2.00 bits per heavy atom. The zero-order chi connectivity index (χ0) is 6.69. The quantitative estimate of drug-likeness (QED) is 0.444. The van der Waals surface area contributed by atoms with Gasteiger partial charge in [0.05, 0.1) is 0 Å². The summed E-state index contributed by atoms with van der Waals surface area (Å²) >= 11 is 4.58. The van der Waals surface area contributed by atoms with Gasteiger partial charge in [-0.3, -0.25) is 9.69 Å². The summed E-state index contributed by atoms with van der Waals surface area (Å²) in [5, 5.41) is 1.69. The number of hydrogen-bond acceptors (Lipinski definition) is 1. The van der Waals surface area contributed by atoms with Gasteiger partial charge in [0.15, 0.2) is 5.49 Å². The Balaban J connectivity index is 2.76. The van der Waals surface area contributed by atoms with E-state index in [4.69, 9.17) is 0 Å². The molecular formula is C6H7N2S. The lowest BCUT2D eigenvalue weighted by atomic mass is 10.7. The molecule has 0 saturated heterocycles. The third-order valence-corrected chi connectivity index (χ3v) is 1.33. The monoisotopic (exact) mass is 139 g/mol. The molecule has 0 fully saturated rings. The van der Waals surface area contributed by atoms with Crippen LogP contribution in [0.3, 0.4) is 0 Å². The largest absolute Gasteiger partial charge is 0.272 e. The zero-order valence-electron chi connectivity index (χ0n) is 5.11. The average molecular weight is 139 g/mol. The van der Waals surface area contributed by atoms with E-state index in [1.807, 2.05) is 36.3 Å². The van der Waals surface area contributed by atoms with Gasteiger partial charge in [-0.15, -0.1) is 0 Å². The molecule has 0 bridgehead atoms. The number of aromatic nitrogens is 1. The van der Waals surface area contributed by atoms with Crippen molar-refractivity contribution in [1.29, 1.82) is 0 Å². The van der Waals surface area contributed by atoms with E-state index in [1.54, 1.807) is 5.01 Å². The van der Waals surface area contributed by atoms with Gasteiger partial charge in [0.25, 0.3) is 0 Å². The minimum Gasteiger partial charge on any atom is -0.272 e. The molecule has 0 aliphatic rings. The molecule has 2 nitrogen and oxygen atoms in total. The summed E-state index contributed by atoms with van der Waals surface area (Å²) < 4.78 is 1.84. The predicted molar refractivity (Wildman–Crippen MR) is 41.2 cm³/mol. The van der Waals surface area contributed by atoms with E-state index in [1.165, 1.54) is 0 Å². The summed E-state index contributed by atoms with van der Waals surface area (Å²) in [4.78, 5) is 0. The minimum absolute atomic E-state index is 1.69. The molecule has 1 aromatic heterocycles. The van der Waals surface area contributed by atoms with E-state index in [-0.39, 0.29) is 0 Å². The summed E-state index contributed by atoms with van der Waals surface area (Å²) in [5.41, 5.74) is 2.55. The maximum Gasteiger partial charge on any atom is 0.157 e. The van der Waals surface area contributed by atoms with Gasteiger partial charge in [-0.25, -0.2) is 0 Å². The van der Waals surface area contributed by atoms with Gasteiger partial charge in [0.2, 0.25) is 0 Å². The third kappa shape index (κ3) is 1.29. The van der Waals surface area contributed by atoms with Crippen molar-refractivity contribution in [3.05, 3.63) is 24.5 Å². The van der Waals surface area contributed by atoms with Crippen LogP contribution in [-0.2, 0) is 0 Å². The van der Waals surface area contributed by atoms with E-state index >= 15 is 0 Å². The van der Waals surface area contributed by atoms with Crippen molar-refractivity contribution in [1.82, 2.24) is 4.68 Å². The lowest BCUT2D eigenvalue weighted by Crippen LogP contribution is -2.25. The highest BCUT2D eigenvalue weighted by Gasteiger charge is 1.88. The van der Waals surface area contributed by atoms with Crippen LogP contribution in [0.4, 0.5) is 0 Å². The van der Waals surface area contributed by atoms with Crippen molar-refractivity contribution in [2.24, 2.45) is 0 Å². The normalized spacial score (nSPS) is 9.00. The Morgan fingerprint density at radius 3 is 2.44 bits per heavy atom. The highest BCUT2D eigenvalue weighted by atomic mass is 32.1. The van der Waals surface area contributed by atoms with Crippen molar-refractivity contribution in [2.75, 3.05) is 12.1 Å². The molecule has 0 spiro atoms. The van der Waals surface area contributed by atoms with Gasteiger partial charge in [0, 0.05) is 19.4 Å². The van der Waals surface area contributed by atoms with Crippen molar-refractivity contribution in [3.8, 4) is 0 Å². The zero-order valence-corrected chi connectivity index (χ0v) is 5.93. The SMILES string of the molecule is CN([C]=S)n1cccc1. The first-order valence-corrected chi connectivity index (χ1v) is 3.00. The first-order chi connectivity index (χ1) is 4.34. The van der Waals surface area contributed by atoms with E-state index in [0.717, 1.165) is 0 Å². The Morgan fingerprint density at radius 1 is 1.44 bits per heavy atom. The smallest absolute Gasteiger partial charge is 0.157 e. The Bertz CT molecular complexity index is 181. The van der Waals surface area contributed by atoms with Crippen LogP contribution in [0.1, 0.15) is 0 Å². The van der Waals surface area contributed by atoms with E-state index < -0.39 is 0 Å². The summed E-state index contributed by atoms with van der Waals surface area (Å²) in [6.07, 6.45) is 3.80. The maximum atomic E-state index is 4.58. The number of nitrogens with zero attached hydrogens (tertiary/aromatic N) is 2. The second-order valence-corrected chi connectivity index (χ2v) is 1.86. The van der Waals surface area contributed by atoms with Gasteiger partial charge in [-0.05, 0) is 12.1 Å². The molecule has 0 aliphatic heterocycles. The standard InChI is InChI=1S/C6H7N2S/c1-7(6-9)8-4-2-3-5-8/h2-5H,1H3. The summed E-state index contributed by atoms with van der Waals surface area (Å²) in [6.45, 7) is 0. The van der Waals surface area contributed by atoms with Gasteiger partial charge in [0.1, 0.15) is 0 Å². The molecule has 0 unspecified atom stereocenters. The summed E-state index contributed by atoms with van der Waals surface area (Å²) in [7, 11) is 1.84. The number of thiocarbonyl (C=S) groups is 1. The van der Waals surface area contributed by atoms with Crippen LogP contribution in [0.25, 0.3) is 0 Å². The Labute approximate surface area is 59.7 Å². The third-order valence-electron chi connectivity index (χ3n) is 1.07. The summed E-state index contributed by atoms with van der Waals surface area (Å²) in [5.74, 6) is 0. The van der Waals surface area contributed by atoms with Crippen LogP contribution in [0.2, 0.25) is 0 Å². The van der Waals surface area contributed by atoms with Crippen molar-refractivity contribution < 1.29 is 0 Å². The first kappa shape index (κ1) is 6.29. The molecule has 1 heterocycles. The predicted octanol–water partition coefficient (Wildman–Crippen LogP) is 0.890. The average Bonchev–Trinajstić information content (AvgIpc) is 2.37. The van der Waals surface area contributed by atoms with E-state index in [2.05, 4.69) is 17.7 Å². The van der Waals surface area contributed by atoms with Gasteiger partial charge >= 0.3 is 0 Å². The lowest BCUT2D eigenvalue weighted by Gasteiger charge is -2.11. The molecule has 47 valence electrons. The molecule has 1 rings (SSSR count). The highest BCUT2D eigenvalue weighted by Crippen LogP contribution is 1.87. The van der Waals surface area contributed by atoms with Crippen LogP contribution in [0.5, 0.6) is 0 Å². The fourth-order valence-electron chi connectivity index (χ4n) is 0.573. The summed E-state index contributed by atoms with van der Waals surface area (Å²) in [6, 6.07) is 3.87. The molecule has 0 saturated carbocycles. The topological polar surface area (TPSA) is 8.17 Å². The molecule has 0 N–H and O–H groups in total. The van der Waals surface area contributed by atoms with Crippen LogP contribution in [0, 0.1) is 0 Å². The van der Waals surface area contributed by atoms with Gasteiger partial charge in [-0.2, -0.15) is 0 Å². The fraction of sp³-hybridized carbons (Fsp3) is 0.167. The van der Waals surface area contributed by atoms with Crippen molar-refractivity contribution in [3.63, 3.8) is 0 Å². The second-order valence-electron chi connectivity index (χ2n) is 1.68. The van der Waals surface area contributed by atoms with Crippen molar-refractivity contribution >= 4 is 17.7 Å². The molecule has 0 aromatic carbocycles. The molecule has 0 aliphatic carbocycles. The maximum absolute atomic E-state index is 4.58. The van der Waals surface area contributed by atoms with E-state index in [9.17, 15) is 0 Å². The highest BCUT2D eigenvalue weighted by molar-refractivity contribution is 7.79. The van der Waals surface area contributed by atoms with Gasteiger partial charge < -0.3 is 0 Å². The molecule has 9 heavy (non-hydrogen) atoms. The second kappa shape index (κ2) is 2.64. The lowest BCUT2D eigenvalue weighted by molar-refractivity contribution is 0.822. The van der Waals surface area contributed by atoms with Crippen LogP contribution in [-0.4, -0.2) is 17.2 Å². The van der Waals surface area contributed by atoms with Gasteiger partial charge in [-0.1, -0.05) is 12.2 Å². The minimum atomic E-state index is 1.69. The molecule has 0 atom stereocenters. The van der Waals surface area contributed by atoms with Crippen LogP contribution < -0.4 is 5.01 Å². The molecule has 3 heteroatoms. The Kier molecular flexibility index (Phi) is 1.85. The van der Waals surface area contributed by atoms with Crippen molar-refractivity contribution in [2.45, 2.75) is 0 Å². The molecular weight excluding hydrogens is 132 g/mol. The Hall–Kier alpha value is -0.830. The number of rotatable bonds is 2. The fourth-order valence-corrected chi connectivity index (χ4v) is 0.667. The first-order valence-electron chi connectivity index (χ1n) is 2.59. The number of hydrogen-bond donors (Lipinski definition) is 0. The van der Waals surface area contributed by atoms with E-state index in [0.29, 0.717) is 0 Å². The van der Waals surface area contributed by atoms with Crippen LogP contribution >= 0.6 is 12.2 Å². The molecule has 0 amide bonds. The van der Waals surface area contributed by atoms with Crippen LogP contribution in [0.15, 0.2) is 24.5 Å².